The molecule has 0 aliphatic carbocycles. The molecule has 0 saturated carbocycles. The van der Waals surface area contributed by atoms with Crippen LogP contribution in [0.5, 0.6) is 0 Å². The highest BCUT2D eigenvalue weighted by atomic mass is 16.3. The maximum Gasteiger partial charge on any atom is 0.274 e. The number of aliphatic hydroxyl groups is 1. The molecule has 0 radical (unpaired) electrons. The van der Waals surface area contributed by atoms with Crippen molar-refractivity contribution in [3.63, 3.8) is 0 Å². The molecule has 0 spiro atoms. The van der Waals surface area contributed by atoms with Gasteiger partial charge in [-0.25, -0.2) is 0 Å². The van der Waals surface area contributed by atoms with Gasteiger partial charge in [0, 0.05) is 43.0 Å². The van der Waals surface area contributed by atoms with Crippen molar-refractivity contribution in [3.8, 4) is 0 Å². The molecule has 1 fully saturated rings. The van der Waals surface area contributed by atoms with Crippen LogP contribution in [0, 0.1) is 0 Å². The third kappa shape index (κ3) is 4.08. The molecule has 2 aromatic heterocycles. The number of nitrogens with one attached hydrogen (secondary N) is 1. The Bertz CT molecular complexity index is 1030. The molecular formula is C24H32N4O2. The molecule has 6 nitrogen and oxygen atoms in total. The summed E-state index contributed by atoms with van der Waals surface area (Å²) in [6.45, 7) is 5.42. The molecular weight excluding hydrogens is 376 g/mol. The summed E-state index contributed by atoms with van der Waals surface area (Å²) in [7, 11) is 3.71. The fourth-order valence-electron chi connectivity index (χ4n) is 4.71. The Morgan fingerprint density at radius 3 is 2.60 bits per heavy atom. The molecule has 1 saturated heterocycles. The van der Waals surface area contributed by atoms with Gasteiger partial charge in [-0.15, -0.1) is 0 Å². The third-order valence-corrected chi connectivity index (χ3v) is 6.62. The third-order valence-electron chi connectivity index (χ3n) is 6.62. The van der Waals surface area contributed by atoms with E-state index in [0.717, 1.165) is 43.4 Å². The molecule has 1 aromatic carbocycles. The van der Waals surface area contributed by atoms with Gasteiger partial charge in [-0.1, -0.05) is 37.3 Å². The van der Waals surface area contributed by atoms with Crippen LogP contribution in [0.1, 0.15) is 43.0 Å². The average Bonchev–Trinajstić information content (AvgIpc) is 3.26. The molecule has 160 valence electrons. The number of hydrogen-bond acceptors (Lipinski definition) is 4. The summed E-state index contributed by atoms with van der Waals surface area (Å²) >= 11 is 0. The zero-order valence-electron chi connectivity index (χ0n) is 18.1. The van der Waals surface area contributed by atoms with Gasteiger partial charge >= 0.3 is 0 Å². The van der Waals surface area contributed by atoms with Gasteiger partial charge in [0.15, 0.2) is 0 Å². The lowest BCUT2D eigenvalue weighted by Gasteiger charge is -2.39. The van der Waals surface area contributed by atoms with Gasteiger partial charge in [-0.3, -0.25) is 9.69 Å². The van der Waals surface area contributed by atoms with E-state index < -0.39 is 6.23 Å². The second kappa shape index (κ2) is 8.76. The number of piperidine rings is 1. The highest BCUT2D eigenvalue weighted by Crippen LogP contribution is 2.28. The smallest absolute Gasteiger partial charge is 0.274 e. The van der Waals surface area contributed by atoms with E-state index in [2.05, 4.69) is 52.0 Å². The van der Waals surface area contributed by atoms with Crippen molar-refractivity contribution < 1.29 is 5.11 Å². The van der Waals surface area contributed by atoms with Crippen molar-refractivity contribution in [3.05, 3.63) is 70.3 Å². The summed E-state index contributed by atoms with van der Waals surface area (Å²) in [6.07, 6.45) is 4.83. The van der Waals surface area contributed by atoms with Crippen LogP contribution in [0.4, 0.5) is 0 Å². The first-order valence-corrected chi connectivity index (χ1v) is 10.8. The summed E-state index contributed by atoms with van der Waals surface area (Å²) in [6, 6.07) is 12.9. The Labute approximate surface area is 177 Å². The Balaban J connectivity index is 1.40. The predicted molar refractivity (Wildman–Crippen MR) is 121 cm³/mol. The Kier molecular flexibility index (Phi) is 6.09. The van der Waals surface area contributed by atoms with Crippen LogP contribution in [-0.4, -0.2) is 57.2 Å². The predicted octanol–water partition coefficient (Wildman–Crippen LogP) is 3.06. The van der Waals surface area contributed by atoms with E-state index in [1.54, 1.807) is 24.0 Å². The first-order valence-electron chi connectivity index (χ1n) is 10.8. The molecule has 0 bridgehead atoms. The molecule has 3 aromatic rings. The molecule has 6 heteroatoms. The maximum atomic E-state index is 12.3. The van der Waals surface area contributed by atoms with Gasteiger partial charge in [0.2, 0.25) is 0 Å². The van der Waals surface area contributed by atoms with Crippen LogP contribution >= 0.6 is 0 Å². The molecule has 30 heavy (non-hydrogen) atoms. The van der Waals surface area contributed by atoms with E-state index >= 15 is 0 Å². The minimum atomic E-state index is -0.741. The molecule has 0 amide bonds. The Morgan fingerprint density at radius 2 is 1.90 bits per heavy atom. The number of aryl methyl sites for hydroxylation is 1. The summed E-state index contributed by atoms with van der Waals surface area (Å²) in [5, 5.41) is 11.9. The fraction of sp³-hybridized carbons (Fsp3) is 0.458. The molecule has 1 aliphatic heterocycles. The first kappa shape index (κ1) is 20.8. The lowest BCUT2D eigenvalue weighted by molar-refractivity contribution is -0.0252. The number of aliphatic hydroxyl groups excluding tert-OH is 1. The monoisotopic (exact) mass is 408 g/mol. The Morgan fingerprint density at radius 1 is 1.20 bits per heavy atom. The number of fused-ring (bicyclic) bond motifs is 1. The lowest BCUT2D eigenvalue weighted by Crippen LogP contribution is -2.45. The number of rotatable bonds is 6. The normalized spacial score (nSPS) is 18.2. The highest BCUT2D eigenvalue weighted by molar-refractivity contribution is 5.82. The number of aromatic amines is 1. The summed E-state index contributed by atoms with van der Waals surface area (Å²) in [5.41, 5.74) is 2.63. The van der Waals surface area contributed by atoms with E-state index in [1.165, 1.54) is 5.56 Å². The topological polar surface area (TPSA) is 64.5 Å². The molecule has 1 aliphatic rings. The molecule has 2 atom stereocenters. The Hall–Kier alpha value is -2.41. The number of H-pyrrole nitrogens is 1. The van der Waals surface area contributed by atoms with Gasteiger partial charge < -0.3 is 19.6 Å². The minimum Gasteiger partial charge on any atom is -0.374 e. The van der Waals surface area contributed by atoms with Crippen molar-refractivity contribution in [1.82, 2.24) is 19.4 Å². The molecule has 4 rings (SSSR count). The van der Waals surface area contributed by atoms with Crippen LogP contribution in [0.3, 0.4) is 0 Å². The largest absolute Gasteiger partial charge is 0.374 e. The SMILES string of the molecule is CC(CN1CCC(N(C)C(O)c2cn(C)c(=O)c3[nH]ccc23)CC1)c1ccccc1. The van der Waals surface area contributed by atoms with E-state index in [1.807, 2.05) is 13.1 Å². The average molecular weight is 409 g/mol. The summed E-state index contributed by atoms with van der Waals surface area (Å²) < 4.78 is 1.54. The van der Waals surface area contributed by atoms with Crippen molar-refractivity contribution in [1.29, 1.82) is 0 Å². The molecule has 2 unspecified atom stereocenters. The zero-order valence-corrected chi connectivity index (χ0v) is 18.1. The number of pyridine rings is 1. The highest BCUT2D eigenvalue weighted by Gasteiger charge is 2.28. The number of benzene rings is 1. The van der Waals surface area contributed by atoms with Gasteiger partial charge in [0.05, 0.1) is 0 Å². The number of likely N-dealkylation sites (tertiary alicyclic amines) is 1. The van der Waals surface area contributed by atoms with Gasteiger partial charge in [-0.05, 0) is 50.5 Å². The first-order chi connectivity index (χ1) is 14.5. The van der Waals surface area contributed by atoms with Gasteiger partial charge in [-0.2, -0.15) is 0 Å². The van der Waals surface area contributed by atoms with Gasteiger partial charge in [0.25, 0.3) is 5.56 Å². The van der Waals surface area contributed by atoms with Crippen molar-refractivity contribution in [2.75, 3.05) is 26.7 Å². The second-order valence-electron chi connectivity index (χ2n) is 8.65. The quantitative estimate of drug-likeness (QED) is 0.616. The van der Waals surface area contributed by atoms with Crippen LogP contribution in [-0.2, 0) is 7.05 Å². The van der Waals surface area contributed by atoms with Crippen molar-refractivity contribution in [2.45, 2.75) is 38.0 Å². The number of hydrogen-bond donors (Lipinski definition) is 2. The van der Waals surface area contributed by atoms with E-state index in [4.69, 9.17) is 0 Å². The van der Waals surface area contributed by atoms with Crippen LogP contribution < -0.4 is 5.56 Å². The fourth-order valence-corrected chi connectivity index (χ4v) is 4.71. The zero-order chi connectivity index (χ0) is 21.3. The van der Waals surface area contributed by atoms with Crippen molar-refractivity contribution in [2.24, 2.45) is 7.05 Å². The standard InChI is InChI=1S/C24H32N4O2/c1-17(18-7-5-4-6-8-18)15-28-13-10-19(11-14-28)27(3)23(29)21-16-26(2)24(30)22-20(21)9-12-25-22/h4-9,12,16-17,19,23,25,29H,10-11,13-15H2,1-3H3. The van der Waals surface area contributed by atoms with Crippen molar-refractivity contribution >= 4 is 10.9 Å². The van der Waals surface area contributed by atoms with Gasteiger partial charge in [0.1, 0.15) is 11.7 Å². The molecule has 3 heterocycles. The number of aromatic nitrogens is 2. The van der Waals surface area contributed by atoms with Crippen LogP contribution in [0.2, 0.25) is 0 Å². The van der Waals surface area contributed by atoms with E-state index in [-0.39, 0.29) is 5.56 Å². The summed E-state index contributed by atoms with van der Waals surface area (Å²) in [5.74, 6) is 0.513. The van der Waals surface area contributed by atoms with Crippen LogP contribution in [0.25, 0.3) is 10.9 Å². The van der Waals surface area contributed by atoms with Crippen LogP contribution in [0.15, 0.2) is 53.6 Å². The second-order valence-corrected chi connectivity index (χ2v) is 8.65. The number of nitrogens with zero attached hydrogens (tertiary/aromatic N) is 3. The van der Waals surface area contributed by atoms with E-state index in [0.29, 0.717) is 17.5 Å². The lowest BCUT2D eigenvalue weighted by atomic mass is 9.97. The summed E-state index contributed by atoms with van der Waals surface area (Å²) in [4.78, 5) is 19.9. The molecule has 2 N–H and O–H groups in total. The maximum absolute atomic E-state index is 12.3. The minimum absolute atomic E-state index is 0.0746. The van der Waals surface area contributed by atoms with E-state index in [9.17, 15) is 9.90 Å².